The van der Waals surface area contributed by atoms with Crippen molar-refractivity contribution in [3.8, 4) is 0 Å². The van der Waals surface area contributed by atoms with Crippen LogP contribution in [0.1, 0.15) is 34.2 Å². The summed E-state index contributed by atoms with van der Waals surface area (Å²) in [7, 11) is 0. The van der Waals surface area contributed by atoms with Crippen molar-refractivity contribution < 1.29 is 0 Å². The van der Waals surface area contributed by atoms with Crippen LogP contribution in [0.4, 0.5) is 0 Å². The molecule has 0 N–H and O–H groups in total. The highest BCUT2D eigenvalue weighted by atomic mass is 35.5. The summed E-state index contributed by atoms with van der Waals surface area (Å²) in [5, 5.41) is 1.11. The van der Waals surface area contributed by atoms with Gasteiger partial charge in [0.2, 0.25) is 0 Å². The van der Waals surface area contributed by atoms with Crippen molar-refractivity contribution >= 4 is 35.4 Å². The highest BCUT2D eigenvalue weighted by Gasteiger charge is 2.23. The lowest BCUT2D eigenvalue weighted by atomic mass is 9.90. The number of hydrogen-bond acceptors (Lipinski definition) is 1. The fraction of sp³-hybridized carbons (Fsp3) is 0.188. The molecule has 0 atom stereocenters. The van der Waals surface area contributed by atoms with Gasteiger partial charge in [0.15, 0.2) is 0 Å². The van der Waals surface area contributed by atoms with Gasteiger partial charge < -0.3 is 4.90 Å². The van der Waals surface area contributed by atoms with Crippen molar-refractivity contribution in [2.45, 2.75) is 26.7 Å². The van der Waals surface area contributed by atoms with Gasteiger partial charge in [-0.15, -0.1) is 0 Å². The van der Waals surface area contributed by atoms with E-state index < -0.39 is 0 Å². The van der Waals surface area contributed by atoms with Gasteiger partial charge in [0.1, 0.15) is 0 Å². The molecule has 178 valence electrons. The van der Waals surface area contributed by atoms with Crippen LogP contribution < -0.4 is 0 Å². The molecule has 0 aliphatic carbocycles. The van der Waals surface area contributed by atoms with E-state index >= 15 is 0 Å². The Kier molecular flexibility index (Phi) is 8.00. The minimum Gasteiger partial charge on any atom is -0.367 e. The molecule has 3 heteroatoms. The molecule has 0 bridgehead atoms. The van der Waals surface area contributed by atoms with Gasteiger partial charge in [0.05, 0.1) is 10.0 Å². The van der Waals surface area contributed by atoms with Crippen molar-refractivity contribution in [1.29, 1.82) is 0 Å². The molecule has 35 heavy (non-hydrogen) atoms. The van der Waals surface area contributed by atoms with Crippen molar-refractivity contribution in [2.24, 2.45) is 0 Å². The van der Waals surface area contributed by atoms with Crippen LogP contribution in [-0.2, 0) is 6.42 Å². The Morgan fingerprint density at radius 1 is 0.829 bits per heavy atom. The first kappa shape index (κ1) is 25.1. The maximum Gasteiger partial charge on any atom is 0.0598 e. The number of hydrogen-bond donors (Lipinski definition) is 0. The quantitative estimate of drug-likeness (QED) is 0.326. The fourth-order valence-corrected chi connectivity index (χ4v) is 4.61. The summed E-state index contributed by atoms with van der Waals surface area (Å²) in [4.78, 5) is 2.37. The fourth-order valence-electron chi connectivity index (χ4n) is 4.30. The second kappa shape index (κ2) is 11.2. The van der Waals surface area contributed by atoms with E-state index in [1.54, 1.807) is 0 Å². The van der Waals surface area contributed by atoms with Gasteiger partial charge >= 0.3 is 0 Å². The maximum absolute atomic E-state index is 6.29. The summed E-state index contributed by atoms with van der Waals surface area (Å²) in [6, 6.07) is 22.9. The summed E-state index contributed by atoms with van der Waals surface area (Å²) in [6.45, 7) is 14.8. The molecular formula is C32H31Cl2N. The van der Waals surface area contributed by atoms with Crippen LogP contribution in [0.3, 0.4) is 0 Å². The van der Waals surface area contributed by atoms with Crippen LogP contribution in [0.25, 0.3) is 12.2 Å². The Labute approximate surface area is 219 Å². The summed E-state index contributed by atoms with van der Waals surface area (Å²) in [5.41, 5.74) is 10.7. The van der Waals surface area contributed by atoms with Crippen LogP contribution in [0.15, 0.2) is 102 Å². The van der Waals surface area contributed by atoms with E-state index in [2.05, 4.69) is 92.6 Å². The van der Waals surface area contributed by atoms with Crippen molar-refractivity contribution in [1.82, 2.24) is 4.90 Å². The molecule has 0 aromatic heterocycles. The van der Waals surface area contributed by atoms with E-state index in [-0.39, 0.29) is 0 Å². The van der Waals surface area contributed by atoms with Gasteiger partial charge in [-0.2, -0.15) is 0 Å². The zero-order chi connectivity index (χ0) is 24.9. The number of piperidine rings is 1. The third-order valence-corrected chi connectivity index (χ3v) is 7.39. The van der Waals surface area contributed by atoms with Gasteiger partial charge in [-0.25, -0.2) is 0 Å². The molecule has 0 unspecified atom stereocenters. The summed E-state index contributed by atoms with van der Waals surface area (Å²) in [6.07, 6.45) is 6.30. The van der Waals surface area contributed by atoms with Crippen LogP contribution in [-0.4, -0.2) is 18.0 Å². The Bertz CT molecular complexity index is 1240. The molecule has 0 amide bonds. The molecule has 1 saturated heterocycles. The lowest BCUT2D eigenvalue weighted by molar-refractivity contribution is 0.381. The first-order chi connectivity index (χ1) is 16.8. The van der Waals surface area contributed by atoms with E-state index in [1.807, 2.05) is 18.2 Å². The number of halogens is 2. The molecule has 1 heterocycles. The number of nitrogens with zero attached hydrogens (tertiary/aromatic N) is 1. The Morgan fingerprint density at radius 3 is 2.09 bits per heavy atom. The zero-order valence-corrected chi connectivity index (χ0v) is 22.0. The first-order valence-corrected chi connectivity index (χ1v) is 12.7. The normalized spacial score (nSPS) is 16.2. The molecule has 0 spiro atoms. The van der Waals surface area contributed by atoms with Crippen LogP contribution in [0, 0.1) is 13.8 Å². The van der Waals surface area contributed by atoms with Gasteiger partial charge in [-0.1, -0.05) is 91.0 Å². The maximum atomic E-state index is 6.29. The second-order valence-electron chi connectivity index (χ2n) is 9.24. The molecule has 0 radical (unpaired) electrons. The van der Waals surface area contributed by atoms with Gasteiger partial charge in [0.25, 0.3) is 0 Å². The Morgan fingerprint density at radius 2 is 1.46 bits per heavy atom. The number of benzene rings is 3. The molecule has 1 fully saturated rings. The first-order valence-electron chi connectivity index (χ1n) is 11.9. The number of aryl methyl sites for hydroxylation is 3. The van der Waals surface area contributed by atoms with Crippen LogP contribution in [0.5, 0.6) is 0 Å². The van der Waals surface area contributed by atoms with Crippen molar-refractivity contribution in [3.63, 3.8) is 0 Å². The summed E-state index contributed by atoms with van der Waals surface area (Å²) in [5.74, 6) is 0. The summed E-state index contributed by atoms with van der Waals surface area (Å²) >= 11 is 12.4. The monoisotopic (exact) mass is 499 g/mol. The molecule has 1 aliphatic heterocycles. The Hall–Kier alpha value is -3.00. The van der Waals surface area contributed by atoms with Gasteiger partial charge in [-0.3, -0.25) is 0 Å². The lowest BCUT2D eigenvalue weighted by Gasteiger charge is -2.35. The third-order valence-electron chi connectivity index (χ3n) is 6.65. The zero-order valence-electron chi connectivity index (χ0n) is 20.5. The summed E-state index contributed by atoms with van der Waals surface area (Å²) < 4.78 is 0. The van der Waals surface area contributed by atoms with Crippen LogP contribution in [0.2, 0.25) is 10.0 Å². The third kappa shape index (κ3) is 6.36. The van der Waals surface area contributed by atoms with E-state index in [0.717, 1.165) is 48.3 Å². The van der Waals surface area contributed by atoms with E-state index in [4.69, 9.17) is 23.2 Å². The van der Waals surface area contributed by atoms with Gasteiger partial charge in [0, 0.05) is 18.8 Å². The predicted octanol–water partition coefficient (Wildman–Crippen LogP) is 9.10. The van der Waals surface area contributed by atoms with E-state index in [1.165, 1.54) is 27.8 Å². The molecular weight excluding hydrogens is 469 g/mol. The number of rotatable bonds is 6. The molecule has 0 saturated carbocycles. The predicted molar refractivity (Wildman–Crippen MR) is 153 cm³/mol. The smallest absolute Gasteiger partial charge is 0.0598 e. The molecule has 3 aromatic carbocycles. The Balaban J connectivity index is 1.64. The second-order valence-corrected chi connectivity index (χ2v) is 10.1. The van der Waals surface area contributed by atoms with Crippen LogP contribution >= 0.6 is 23.2 Å². The number of likely N-dealkylation sites (tertiary alicyclic amines) is 1. The largest absolute Gasteiger partial charge is 0.367 e. The highest BCUT2D eigenvalue weighted by Crippen LogP contribution is 2.33. The highest BCUT2D eigenvalue weighted by molar-refractivity contribution is 6.42. The molecule has 4 rings (SSSR count). The van der Waals surface area contributed by atoms with E-state index in [9.17, 15) is 0 Å². The topological polar surface area (TPSA) is 3.24 Å². The lowest BCUT2D eigenvalue weighted by Crippen LogP contribution is -2.33. The van der Waals surface area contributed by atoms with Crippen molar-refractivity contribution in [2.75, 3.05) is 13.1 Å². The average molecular weight is 501 g/mol. The molecule has 3 aromatic rings. The number of allylic oxidation sites excluding steroid dienone is 1. The molecule has 1 nitrogen and oxygen atoms in total. The standard InChI is InChI=1S/C32H31Cl2N/c1-22-10-12-27(16-23(22)2)17-29-20-35(24(3)11-13-26-8-6-5-7-9-26)21-30(25(29)4)18-28-14-15-31(33)32(34)19-28/h5-10,12,14-19H,3-4,11,13,20-21H2,1-2H3/b29-17+,30-18+. The van der Waals surface area contributed by atoms with Crippen molar-refractivity contribution in [3.05, 3.63) is 140 Å². The minimum atomic E-state index is 0.553. The van der Waals surface area contributed by atoms with E-state index in [0.29, 0.717) is 10.0 Å². The average Bonchev–Trinajstić information content (AvgIpc) is 2.85. The van der Waals surface area contributed by atoms with Gasteiger partial charge in [-0.05, 0) is 95.5 Å². The molecule has 1 aliphatic rings. The SMILES string of the molecule is C=C1/C(=C/c2ccc(C)c(C)c2)CN(C(=C)CCc2ccccc2)C/C1=C\c1ccc(Cl)c(Cl)c1. The minimum absolute atomic E-state index is 0.553.